The first-order chi connectivity index (χ1) is 10.8. The number of hydrogen-bond acceptors (Lipinski definition) is 1. The molecule has 2 unspecified atom stereocenters. The highest BCUT2D eigenvalue weighted by Gasteiger charge is 2.37. The lowest BCUT2D eigenvalue weighted by Gasteiger charge is -2.35. The summed E-state index contributed by atoms with van der Waals surface area (Å²) in [4.78, 5) is 15.2. The van der Waals surface area contributed by atoms with E-state index in [0.29, 0.717) is 12.1 Å². The molecule has 2 aromatic carbocycles. The molecule has 22 heavy (non-hydrogen) atoms. The fourth-order valence-corrected chi connectivity index (χ4v) is 2.63. The number of β-lactam (4-membered cyclic amide) rings is 1. The van der Waals surface area contributed by atoms with Gasteiger partial charge in [0, 0.05) is 0 Å². The quantitative estimate of drug-likeness (QED) is 0.676. The van der Waals surface area contributed by atoms with Gasteiger partial charge < -0.3 is 5.32 Å². The van der Waals surface area contributed by atoms with E-state index in [1.54, 1.807) is 6.07 Å². The first-order valence-corrected chi connectivity index (χ1v) is 7.26. The second-order valence-electron chi connectivity index (χ2n) is 5.40. The number of rotatable bonds is 4. The SMILES string of the molecule is [C-]#[N+]c1cccc(CC2C(=O)NC2/C=C/c2ccccc2)c1. The largest absolute Gasteiger partial charge is 0.349 e. The van der Waals surface area contributed by atoms with Crippen LogP contribution in [0.15, 0.2) is 60.7 Å². The summed E-state index contributed by atoms with van der Waals surface area (Å²) in [5.41, 5.74) is 2.78. The van der Waals surface area contributed by atoms with Crippen LogP contribution in [-0.2, 0) is 11.2 Å². The summed E-state index contributed by atoms with van der Waals surface area (Å²) in [6.45, 7) is 7.06. The summed E-state index contributed by atoms with van der Waals surface area (Å²) in [6, 6.07) is 17.6. The fourth-order valence-electron chi connectivity index (χ4n) is 2.63. The number of hydrogen-bond donors (Lipinski definition) is 1. The van der Waals surface area contributed by atoms with Crippen molar-refractivity contribution in [3.63, 3.8) is 0 Å². The predicted molar refractivity (Wildman–Crippen MR) is 87.3 cm³/mol. The van der Waals surface area contributed by atoms with Crippen LogP contribution in [0.1, 0.15) is 11.1 Å². The van der Waals surface area contributed by atoms with E-state index in [0.717, 1.165) is 11.1 Å². The molecule has 1 aliphatic rings. The topological polar surface area (TPSA) is 33.5 Å². The molecule has 0 spiro atoms. The molecule has 1 saturated heterocycles. The Kier molecular flexibility index (Phi) is 4.02. The second kappa shape index (κ2) is 6.28. The lowest BCUT2D eigenvalue weighted by molar-refractivity contribution is -0.133. The van der Waals surface area contributed by atoms with Crippen molar-refractivity contribution in [3.05, 3.63) is 83.2 Å². The van der Waals surface area contributed by atoms with Crippen LogP contribution in [0.2, 0.25) is 0 Å². The van der Waals surface area contributed by atoms with Gasteiger partial charge in [0.1, 0.15) is 0 Å². The molecule has 1 aliphatic heterocycles. The summed E-state index contributed by atoms with van der Waals surface area (Å²) in [7, 11) is 0. The van der Waals surface area contributed by atoms with E-state index in [1.807, 2.05) is 60.7 Å². The molecular weight excluding hydrogens is 272 g/mol. The first kappa shape index (κ1) is 14.1. The number of carbonyl (C=O) groups is 1. The lowest BCUT2D eigenvalue weighted by atomic mass is 9.84. The maximum Gasteiger partial charge on any atom is 0.226 e. The summed E-state index contributed by atoms with van der Waals surface area (Å²) < 4.78 is 0. The number of carbonyl (C=O) groups excluding carboxylic acids is 1. The predicted octanol–water partition coefficient (Wildman–Crippen LogP) is 3.61. The molecule has 0 aliphatic carbocycles. The summed E-state index contributed by atoms with van der Waals surface area (Å²) in [5, 5.41) is 2.93. The smallest absolute Gasteiger partial charge is 0.226 e. The van der Waals surface area contributed by atoms with Crippen molar-refractivity contribution in [2.45, 2.75) is 12.5 Å². The third-order valence-corrected chi connectivity index (χ3v) is 3.87. The highest BCUT2D eigenvalue weighted by molar-refractivity contribution is 5.87. The lowest BCUT2D eigenvalue weighted by Crippen LogP contribution is -2.57. The van der Waals surface area contributed by atoms with Gasteiger partial charge in [-0.15, -0.1) is 0 Å². The molecule has 3 nitrogen and oxygen atoms in total. The minimum Gasteiger partial charge on any atom is -0.349 e. The van der Waals surface area contributed by atoms with E-state index in [2.05, 4.69) is 10.2 Å². The average Bonchev–Trinajstić information content (AvgIpc) is 2.57. The van der Waals surface area contributed by atoms with E-state index in [4.69, 9.17) is 6.57 Å². The van der Waals surface area contributed by atoms with E-state index < -0.39 is 0 Å². The Morgan fingerprint density at radius 2 is 1.95 bits per heavy atom. The van der Waals surface area contributed by atoms with Gasteiger partial charge >= 0.3 is 0 Å². The average molecular weight is 288 g/mol. The van der Waals surface area contributed by atoms with Crippen LogP contribution in [0.4, 0.5) is 5.69 Å². The Morgan fingerprint density at radius 1 is 1.14 bits per heavy atom. The van der Waals surface area contributed by atoms with Crippen LogP contribution in [0.25, 0.3) is 10.9 Å². The molecule has 1 N–H and O–H groups in total. The molecule has 108 valence electrons. The number of benzene rings is 2. The van der Waals surface area contributed by atoms with Crippen LogP contribution in [0, 0.1) is 12.5 Å². The van der Waals surface area contributed by atoms with Gasteiger partial charge in [0.05, 0.1) is 18.5 Å². The minimum absolute atomic E-state index is 0.0547. The van der Waals surface area contributed by atoms with Gasteiger partial charge in [0.15, 0.2) is 5.69 Å². The summed E-state index contributed by atoms with van der Waals surface area (Å²) in [5.74, 6) is 0.0249. The second-order valence-corrected chi connectivity index (χ2v) is 5.40. The summed E-state index contributed by atoms with van der Waals surface area (Å²) >= 11 is 0. The Bertz CT molecular complexity index is 744. The third kappa shape index (κ3) is 3.07. The normalized spacial score (nSPS) is 20.2. The van der Waals surface area contributed by atoms with Crippen LogP contribution in [0.5, 0.6) is 0 Å². The Balaban J connectivity index is 1.69. The van der Waals surface area contributed by atoms with E-state index in [1.165, 1.54) is 0 Å². The molecule has 0 bridgehead atoms. The summed E-state index contributed by atoms with van der Waals surface area (Å²) in [6.07, 6.45) is 4.74. The maximum absolute atomic E-state index is 11.8. The zero-order valence-corrected chi connectivity index (χ0v) is 12.1. The molecule has 0 aromatic heterocycles. The van der Waals surface area contributed by atoms with E-state index in [9.17, 15) is 4.79 Å². The monoisotopic (exact) mass is 288 g/mol. The standard InChI is InChI=1S/C19H16N2O/c1-20-16-9-5-8-15(12-16)13-17-18(21-19(17)22)11-10-14-6-3-2-4-7-14/h2-12,17-18H,13H2,(H,21,22)/b11-10+. The molecule has 3 rings (SSSR count). The molecule has 1 amide bonds. The van der Waals surface area contributed by atoms with Crippen LogP contribution < -0.4 is 5.32 Å². The number of nitrogens with zero attached hydrogens (tertiary/aromatic N) is 1. The van der Waals surface area contributed by atoms with Crippen molar-refractivity contribution >= 4 is 17.7 Å². The maximum atomic E-state index is 11.8. The van der Waals surface area contributed by atoms with Crippen LogP contribution >= 0.6 is 0 Å². The van der Waals surface area contributed by atoms with Crippen molar-refractivity contribution in [2.75, 3.05) is 0 Å². The Morgan fingerprint density at radius 3 is 2.68 bits per heavy atom. The van der Waals surface area contributed by atoms with Crippen LogP contribution in [0.3, 0.4) is 0 Å². The van der Waals surface area contributed by atoms with Crippen molar-refractivity contribution < 1.29 is 4.79 Å². The minimum atomic E-state index is -0.0547. The van der Waals surface area contributed by atoms with Gasteiger partial charge in [-0.3, -0.25) is 4.79 Å². The number of nitrogens with one attached hydrogen (secondary N) is 1. The van der Waals surface area contributed by atoms with Gasteiger partial charge in [-0.2, -0.15) is 0 Å². The molecule has 1 heterocycles. The van der Waals surface area contributed by atoms with Gasteiger partial charge in [-0.1, -0.05) is 72.3 Å². The van der Waals surface area contributed by atoms with E-state index >= 15 is 0 Å². The van der Waals surface area contributed by atoms with Crippen molar-refractivity contribution in [3.8, 4) is 0 Å². The van der Waals surface area contributed by atoms with Crippen molar-refractivity contribution in [2.24, 2.45) is 5.92 Å². The van der Waals surface area contributed by atoms with E-state index in [-0.39, 0.29) is 17.9 Å². The Hall–Kier alpha value is -2.86. The molecule has 2 aromatic rings. The van der Waals surface area contributed by atoms with Gasteiger partial charge in [0.2, 0.25) is 5.91 Å². The highest BCUT2D eigenvalue weighted by Crippen LogP contribution is 2.24. The number of amides is 1. The van der Waals surface area contributed by atoms with Crippen molar-refractivity contribution in [1.29, 1.82) is 0 Å². The molecule has 0 radical (unpaired) electrons. The van der Waals surface area contributed by atoms with Crippen LogP contribution in [-0.4, -0.2) is 11.9 Å². The molecule has 3 heteroatoms. The van der Waals surface area contributed by atoms with Gasteiger partial charge in [-0.05, 0) is 12.0 Å². The third-order valence-electron chi connectivity index (χ3n) is 3.87. The van der Waals surface area contributed by atoms with Crippen molar-refractivity contribution in [1.82, 2.24) is 5.32 Å². The fraction of sp³-hybridized carbons (Fsp3) is 0.158. The Labute approximate surface area is 130 Å². The molecule has 1 fully saturated rings. The zero-order valence-electron chi connectivity index (χ0n) is 12.1. The molecule has 2 atom stereocenters. The highest BCUT2D eigenvalue weighted by atomic mass is 16.2. The first-order valence-electron chi connectivity index (χ1n) is 7.26. The van der Waals surface area contributed by atoms with Gasteiger partial charge in [-0.25, -0.2) is 4.85 Å². The zero-order chi connectivity index (χ0) is 15.4. The molecule has 0 saturated carbocycles. The molecular formula is C19H16N2O. The van der Waals surface area contributed by atoms with Gasteiger partial charge in [0.25, 0.3) is 0 Å².